The largest absolute Gasteiger partial charge is 0.490 e. The Kier molecular flexibility index (Phi) is 8.69. The molecule has 0 atom stereocenters. The number of carbonyl (C=O) groups excluding carboxylic acids is 2. The second kappa shape index (κ2) is 12.1. The second-order valence-corrected chi connectivity index (χ2v) is 9.64. The molecule has 1 aliphatic rings. The van der Waals surface area contributed by atoms with Gasteiger partial charge in [0.1, 0.15) is 12.4 Å². The van der Waals surface area contributed by atoms with Crippen molar-refractivity contribution in [2.45, 2.75) is 26.5 Å². The van der Waals surface area contributed by atoms with Gasteiger partial charge in [0.15, 0.2) is 11.5 Å². The Balaban J connectivity index is 1.62. The average Bonchev–Trinajstić information content (AvgIpc) is 3.13. The van der Waals surface area contributed by atoms with Crippen molar-refractivity contribution in [1.82, 2.24) is 4.90 Å². The number of allylic oxidation sites excluding steroid dienone is 1. The first kappa shape index (κ1) is 26.5. The van der Waals surface area contributed by atoms with Crippen molar-refractivity contribution in [1.29, 1.82) is 0 Å². The molecular formula is C29H25ClFNO4S. The van der Waals surface area contributed by atoms with E-state index < -0.39 is 17.0 Å². The fourth-order valence-corrected chi connectivity index (χ4v) is 4.79. The van der Waals surface area contributed by atoms with Gasteiger partial charge in [-0.2, -0.15) is 0 Å². The van der Waals surface area contributed by atoms with Gasteiger partial charge in [0.25, 0.3) is 11.1 Å². The van der Waals surface area contributed by atoms with E-state index in [0.29, 0.717) is 41.7 Å². The zero-order valence-electron chi connectivity index (χ0n) is 20.2. The lowest BCUT2D eigenvalue weighted by Gasteiger charge is -2.17. The zero-order valence-corrected chi connectivity index (χ0v) is 21.8. The van der Waals surface area contributed by atoms with Crippen LogP contribution in [0.15, 0.2) is 78.2 Å². The van der Waals surface area contributed by atoms with E-state index in [1.807, 2.05) is 25.1 Å². The third-order valence-electron chi connectivity index (χ3n) is 5.57. The number of benzene rings is 3. The lowest BCUT2D eigenvalue weighted by Crippen LogP contribution is -2.27. The first-order valence-corrected chi connectivity index (χ1v) is 12.9. The average molecular weight is 538 g/mol. The van der Waals surface area contributed by atoms with Gasteiger partial charge in [0, 0.05) is 16.1 Å². The number of amides is 2. The van der Waals surface area contributed by atoms with Crippen LogP contribution < -0.4 is 9.47 Å². The van der Waals surface area contributed by atoms with Crippen molar-refractivity contribution < 1.29 is 23.5 Å². The molecule has 0 saturated carbocycles. The number of carbonyl (C=O) groups is 2. The normalized spacial score (nSPS) is 14.4. The molecule has 0 radical (unpaired) electrons. The summed E-state index contributed by atoms with van der Waals surface area (Å²) in [5.41, 5.74) is 2.73. The summed E-state index contributed by atoms with van der Waals surface area (Å²) in [6.45, 7) is 6.32. The van der Waals surface area contributed by atoms with Crippen LogP contribution >= 0.6 is 23.4 Å². The van der Waals surface area contributed by atoms with Gasteiger partial charge in [-0.3, -0.25) is 14.5 Å². The van der Waals surface area contributed by atoms with Crippen LogP contribution in [0.25, 0.3) is 6.08 Å². The number of hydrogen-bond donors (Lipinski definition) is 0. The molecule has 2 amide bonds. The minimum atomic E-state index is -0.468. The molecule has 0 bridgehead atoms. The zero-order chi connectivity index (χ0) is 26.4. The minimum Gasteiger partial charge on any atom is -0.490 e. The summed E-state index contributed by atoms with van der Waals surface area (Å²) >= 11 is 6.81. The molecule has 5 nitrogen and oxygen atoms in total. The highest BCUT2D eigenvalue weighted by atomic mass is 35.5. The van der Waals surface area contributed by atoms with Crippen LogP contribution in [0.4, 0.5) is 9.18 Å². The summed E-state index contributed by atoms with van der Waals surface area (Å²) in [6.07, 6.45) is 3.91. The quantitative estimate of drug-likeness (QED) is 0.199. The predicted molar refractivity (Wildman–Crippen MR) is 145 cm³/mol. The number of imide groups is 1. The van der Waals surface area contributed by atoms with Gasteiger partial charge in [-0.15, -0.1) is 6.58 Å². The lowest BCUT2D eigenvalue weighted by molar-refractivity contribution is -0.123. The molecule has 37 heavy (non-hydrogen) atoms. The van der Waals surface area contributed by atoms with Crippen molar-refractivity contribution >= 4 is 40.6 Å². The van der Waals surface area contributed by atoms with Gasteiger partial charge in [0.2, 0.25) is 0 Å². The van der Waals surface area contributed by atoms with Crippen LogP contribution in [-0.4, -0.2) is 22.7 Å². The second-order valence-electron chi connectivity index (χ2n) is 8.21. The van der Waals surface area contributed by atoms with E-state index in [2.05, 4.69) is 6.58 Å². The summed E-state index contributed by atoms with van der Waals surface area (Å²) < 4.78 is 26.1. The number of rotatable bonds is 10. The van der Waals surface area contributed by atoms with Gasteiger partial charge in [-0.1, -0.05) is 48.0 Å². The molecule has 0 spiro atoms. The van der Waals surface area contributed by atoms with Crippen LogP contribution in [0, 0.1) is 5.82 Å². The minimum absolute atomic E-state index is 0.127. The van der Waals surface area contributed by atoms with Crippen LogP contribution in [0.2, 0.25) is 5.02 Å². The third kappa shape index (κ3) is 6.42. The molecule has 1 aliphatic heterocycles. The van der Waals surface area contributed by atoms with Crippen molar-refractivity contribution in [3.8, 4) is 11.5 Å². The molecule has 3 aromatic rings. The summed E-state index contributed by atoms with van der Waals surface area (Å²) in [6, 6.07) is 17.1. The predicted octanol–water partition coefficient (Wildman–Crippen LogP) is 7.42. The Morgan fingerprint density at radius 1 is 1.05 bits per heavy atom. The molecule has 8 heteroatoms. The molecule has 4 rings (SSSR count). The van der Waals surface area contributed by atoms with Gasteiger partial charge in [-0.05, 0) is 72.6 Å². The smallest absolute Gasteiger partial charge is 0.293 e. The first-order chi connectivity index (χ1) is 17.9. The number of thioether (sulfide) groups is 1. The molecule has 0 N–H and O–H groups in total. The van der Waals surface area contributed by atoms with E-state index in [0.717, 1.165) is 27.8 Å². The maximum atomic E-state index is 14.1. The Hall–Kier alpha value is -3.55. The van der Waals surface area contributed by atoms with Gasteiger partial charge in [-0.25, -0.2) is 4.39 Å². The maximum Gasteiger partial charge on any atom is 0.293 e. The molecule has 1 fully saturated rings. The molecule has 190 valence electrons. The summed E-state index contributed by atoms with van der Waals surface area (Å²) in [5.74, 6) is 0.175. The van der Waals surface area contributed by atoms with Crippen molar-refractivity contribution in [2.24, 2.45) is 0 Å². The first-order valence-electron chi connectivity index (χ1n) is 11.7. The molecule has 3 aromatic carbocycles. The molecule has 0 aromatic heterocycles. The lowest BCUT2D eigenvalue weighted by atomic mass is 10.0. The van der Waals surface area contributed by atoms with Crippen LogP contribution in [0.3, 0.4) is 0 Å². The standard InChI is InChI=1S/C29H25ClFNO4S/c1-3-7-21-14-20(15-25(35-4-2)27(21)36-18-19-10-12-23(30)13-11-19)16-26-28(33)32(29(34)37-26)17-22-8-5-6-9-24(22)31/h3,5-6,8-16H,1,4,7,17-18H2,2H3/b26-16-. The topological polar surface area (TPSA) is 55.8 Å². The summed E-state index contributed by atoms with van der Waals surface area (Å²) in [5, 5.41) is 0.201. The number of nitrogens with zero attached hydrogens (tertiary/aromatic N) is 1. The highest BCUT2D eigenvalue weighted by Gasteiger charge is 2.35. The van der Waals surface area contributed by atoms with E-state index >= 15 is 0 Å². The Bertz CT molecular complexity index is 1360. The Labute approximate surface area is 224 Å². The van der Waals surface area contributed by atoms with E-state index in [4.69, 9.17) is 21.1 Å². The fourth-order valence-electron chi connectivity index (χ4n) is 3.82. The van der Waals surface area contributed by atoms with Crippen molar-refractivity contribution in [3.05, 3.63) is 111 Å². The Morgan fingerprint density at radius 2 is 1.81 bits per heavy atom. The van der Waals surface area contributed by atoms with Crippen molar-refractivity contribution in [2.75, 3.05) is 6.61 Å². The summed E-state index contributed by atoms with van der Waals surface area (Å²) in [7, 11) is 0. The van der Waals surface area contributed by atoms with Crippen LogP contribution in [0.5, 0.6) is 11.5 Å². The van der Waals surface area contributed by atoms with Crippen molar-refractivity contribution in [3.63, 3.8) is 0 Å². The van der Waals surface area contributed by atoms with Gasteiger partial charge < -0.3 is 9.47 Å². The summed E-state index contributed by atoms with van der Waals surface area (Å²) in [4.78, 5) is 26.9. The maximum absolute atomic E-state index is 14.1. The molecular weight excluding hydrogens is 513 g/mol. The number of hydrogen-bond acceptors (Lipinski definition) is 5. The van der Waals surface area contributed by atoms with E-state index in [1.54, 1.807) is 48.6 Å². The van der Waals surface area contributed by atoms with E-state index in [9.17, 15) is 14.0 Å². The third-order valence-corrected chi connectivity index (χ3v) is 6.73. The fraction of sp³-hybridized carbons (Fsp3) is 0.172. The molecule has 0 aliphatic carbocycles. The number of ether oxygens (including phenoxy) is 2. The highest BCUT2D eigenvalue weighted by Crippen LogP contribution is 2.38. The Morgan fingerprint density at radius 3 is 2.51 bits per heavy atom. The molecule has 1 heterocycles. The van der Waals surface area contributed by atoms with Crippen LogP contribution in [0.1, 0.15) is 29.2 Å². The van der Waals surface area contributed by atoms with E-state index in [1.165, 1.54) is 6.07 Å². The molecule has 0 unspecified atom stereocenters. The highest BCUT2D eigenvalue weighted by molar-refractivity contribution is 8.18. The number of halogens is 2. The monoisotopic (exact) mass is 537 g/mol. The molecule has 1 saturated heterocycles. The van der Waals surface area contributed by atoms with Gasteiger partial charge in [0.05, 0.1) is 18.1 Å². The SMILES string of the molecule is C=CCc1cc(/C=C2\SC(=O)N(Cc3ccccc3F)C2=O)cc(OCC)c1OCc1ccc(Cl)cc1. The van der Waals surface area contributed by atoms with Gasteiger partial charge >= 0.3 is 0 Å². The van der Waals surface area contributed by atoms with Crippen LogP contribution in [-0.2, 0) is 24.4 Å². The van der Waals surface area contributed by atoms with E-state index in [-0.39, 0.29) is 17.0 Å².